The van der Waals surface area contributed by atoms with Gasteiger partial charge in [0.05, 0.1) is 18.1 Å². The Bertz CT molecular complexity index is 387. The predicted molar refractivity (Wildman–Crippen MR) is 53.6 cm³/mol. The summed E-state index contributed by atoms with van der Waals surface area (Å²) in [5.41, 5.74) is -0.572. The van der Waals surface area contributed by atoms with E-state index in [2.05, 4.69) is 0 Å². The van der Waals surface area contributed by atoms with Crippen molar-refractivity contribution in [1.82, 2.24) is 4.31 Å². The highest BCUT2D eigenvalue weighted by atomic mass is 35.7. The smallest absolute Gasteiger partial charge is 0.324 e. The molecule has 0 aromatic carbocycles. The fraction of sp³-hybridized carbons (Fsp3) is 0.875. The molecule has 1 saturated carbocycles. The van der Waals surface area contributed by atoms with Crippen molar-refractivity contribution in [1.29, 1.82) is 0 Å². The van der Waals surface area contributed by atoms with Crippen LogP contribution in [0.1, 0.15) is 26.2 Å². The molecule has 1 heterocycles. The van der Waals surface area contributed by atoms with Gasteiger partial charge in [-0.1, -0.05) is 0 Å². The van der Waals surface area contributed by atoms with E-state index in [1.807, 2.05) is 6.92 Å². The molecule has 1 spiro atoms. The fourth-order valence-corrected chi connectivity index (χ4v) is 4.06. The molecule has 1 aliphatic carbocycles. The quantitative estimate of drug-likeness (QED) is 0.547. The predicted octanol–water partition coefficient (Wildman–Crippen LogP) is 0.640. The van der Waals surface area contributed by atoms with Crippen molar-refractivity contribution in [2.75, 3.05) is 6.61 Å². The van der Waals surface area contributed by atoms with Gasteiger partial charge in [0.15, 0.2) is 0 Å². The number of nitrogens with zero attached hydrogens (tertiary/aromatic N) is 1. The number of ether oxygens (including phenoxy) is 1. The van der Waals surface area contributed by atoms with Crippen LogP contribution in [0.15, 0.2) is 0 Å². The van der Waals surface area contributed by atoms with Gasteiger partial charge in [0, 0.05) is 17.3 Å². The largest absolute Gasteiger partial charge is 0.378 e. The zero-order valence-corrected chi connectivity index (χ0v) is 9.84. The van der Waals surface area contributed by atoms with Crippen LogP contribution >= 0.6 is 10.7 Å². The van der Waals surface area contributed by atoms with Gasteiger partial charge in [-0.05, 0) is 19.8 Å². The first-order chi connectivity index (χ1) is 6.89. The van der Waals surface area contributed by atoms with Crippen molar-refractivity contribution in [3.8, 4) is 0 Å². The van der Waals surface area contributed by atoms with Gasteiger partial charge >= 0.3 is 9.24 Å². The highest BCUT2D eigenvalue weighted by Crippen LogP contribution is 2.51. The van der Waals surface area contributed by atoms with Crippen LogP contribution in [0, 0.1) is 0 Å². The summed E-state index contributed by atoms with van der Waals surface area (Å²) in [7, 11) is 1.27. The first kappa shape index (κ1) is 11.2. The molecule has 0 aromatic heterocycles. The van der Waals surface area contributed by atoms with E-state index in [0.29, 0.717) is 19.4 Å². The molecule has 0 bridgehead atoms. The van der Waals surface area contributed by atoms with Gasteiger partial charge in [0.1, 0.15) is 0 Å². The molecule has 7 heteroatoms. The Balaban J connectivity index is 2.05. The Morgan fingerprint density at radius 2 is 2.20 bits per heavy atom. The molecule has 2 aliphatic rings. The van der Waals surface area contributed by atoms with Crippen molar-refractivity contribution >= 4 is 25.8 Å². The second-order valence-electron chi connectivity index (χ2n) is 3.99. The lowest BCUT2D eigenvalue weighted by Crippen LogP contribution is -2.71. The molecule has 15 heavy (non-hydrogen) atoms. The first-order valence-corrected chi connectivity index (χ1v) is 7.05. The average Bonchev–Trinajstić information content (AvgIpc) is 1.95. The highest BCUT2D eigenvalue weighted by Gasteiger charge is 2.63. The van der Waals surface area contributed by atoms with E-state index in [-0.39, 0.29) is 12.5 Å². The Morgan fingerprint density at radius 1 is 1.60 bits per heavy atom. The molecular formula is C8H12ClNO4S. The number of β-lactam (4-membered cyclic amide) rings is 1. The summed E-state index contributed by atoms with van der Waals surface area (Å²) < 4.78 is 28.4. The zero-order valence-electron chi connectivity index (χ0n) is 8.27. The molecular weight excluding hydrogens is 242 g/mol. The van der Waals surface area contributed by atoms with Crippen molar-refractivity contribution in [3.63, 3.8) is 0 Å². The van der Waals surface area contributed by atoms with Gasteiger partial charge in [-0.15, -0.1) is 0 Å². The van der Waals surface area contributed by atoms with E-state index >= 15 is 0 Å². The van der Waals surface area contributed by atoms with Crippen molar-refractivity contribution < 1.29 is 17.9 Å². The third-order valence-electron chi connectivity index (χ3n) is 2.97. The van der Waals surface area contributed by atoms with Crippen LogP contribution < -0.4 is 0 Å². The van der Waals surface area contributed by atoms with Gasteiger partial charge in [0.2, 0.25) is 5.91 Å². The second kappa shape index (κ2) is 3.33. The lowest BCUT2D eigenvalue weighted by Gasteiger charge is -2.57. The topological polar surface area (TPSA) is 63.7 Å². The number of hydrogen-bond donors (Lipinski definition) is 0. The average molecular weight is 254 g/mol. The lowest BCUT2D eigenvalue weighted by atomic mass is 9.67. The van der Waals surface area contributed by atoms with E-state index in [0.717, 1.165) is 4.31 Å². The summed E-state index contributed by atoms with van der Waals surface area (Å²) in [4.78, 5) is 11.2. The standard InChI is InChI=1S/C8H12ClNO4S/c1-2-14-6-3-8(4-6)5-7(11)10(8)15(9,12)13/h6H,2-5H2,1H3. The Labute approximate surface area is 92.9 Å². The van der Waals surface area contributed by atoms with Gasteiger partial charge in [-0.3, -0.25) is 4.79 Å². The van der Waals surface area contributed by atoms with Gasteiger partial charge < -0.3 is 4.74 Å². The molecule has 2 fully saturated rings. The molecule has 1 amide bonds. The van der Waals surface area contributed by atoms with Crippen LogP contribution in [0.2, 0.25) is 0 Å². The summed E-state index contributed by atoms with van der Waals surface area (Å²) in [6, 6.07) is 0. The van der Waals surface area contributed by atoms with Crippen molar-refractivity contribution in [3.05, 3.63) is 0 Å². The molecule has 0 radical (unpaired) electrons. The van der Waals surface area contributed by atoms with Gasteiger partial charge in [0.25, 0.3) is 0 Å². The highest BCUT2D eigenvalue weighted by molar-refractivity contribution is 8.12. The van der Waals surface area contributed by atoms with E-state index < -0.39 is 20.7 Å². The van der Waals surface area contributed by atoms with Crippen LogP contribution in [0.4, 0.5) is 0 Å². The monoisotopic (exact) mass is 253 g/mol. The van der Waals surface area contributed by atoms with Crippen molar-refractivity contribution in [2.24, 2.45) is 0 Å². The molecule has 0 unspecified atom stereocenters. The minimum Gasteiger partial charge on any atom is -0.378 e. The van der Waals surface area contributed by atoms with E-state index in [1.54, 1.807) is 0 Å². The number of hydrogen-bond acceptors (Lipinski definition) is 4. The summed E-state index contributed by atoms with van der Waals surface area (Å²) >= 11 is 0. The van der Waals surface area contributed by atoms with E-state index in [4.69, 9.17) is 15.4 Å². The van der Waals surface area contributed by atoms with Crippen LogP contribution in [0.5, 0.6) is 0 Å². The SMILES string of the molecule is CCOC1CC2(CC(=O)N2S(=O)(=O)Cl)C1. The summed E-state index contributed by atoms with van der Waals surface area (Å²) in [6.07, 6.45) is 1.46. The number of carbonyl (C=O) groups excluding carboxylic acids is 1. The number of amides is 1. The molecule has 0 N–H and O–H groups in total. The van der Waals surface area contributed by atoms with E-state index in [9.17, 15) is 13.2 Å². The number of carbonyl (C=O) groups is 1. The van der Waals surface area contributed by atoms with Crippen LogP contribution in [-0.4, -0.2) is 36.9 Å². The lowest BCUT2D eigenvalue weighted by molar-refractivity contribution is -0.166. The molecule has 2 rings (SSSR count). The Hall–Kier alpha value is -0.330. The Morgan fingerprint density at radius 3 is 2.60 bits per heavy atom. The van der Waals surface area contributed by atoms with Gasteiger partial charge in [-0.25, -0.2) is 4.31 Å². The van der Waals surface area contributed by atoms with Crippen LogP contribution in [-0.2, 0) is 18.8 Å². The third-order valence-corrected chi connectivity index (χ3v) is 4.41. The van der Waals surface area contributed by atoms with Crippen LogP contribution in [0.25, 0.3) is 0 Å². The minimum absolute atomic E-state index is 0.0593. The first-order valence-electron chi connectivity index (χ1n) is 4.78. The molecule has 0 aromatic rings. The third kappa shape index (κ3) is 1.64. The van der Waals surface area contributed by atoms with Crippen molar-refractivity contribution in [2.45, 2.75) is 37.8 Å². The van der Waals surface area contributed by atoms with Gasteiger partial charge in [-0.2, -0.15) is 8.42 Å². The molecule has 5 nitrogen and oxygen atoms in total. The van der Waals surface area contributed by atoms with Crippen LogP contribution in [0.3, 0.4) is 0 Å². The summed E-state index contributed by atoms with van der Waals surface area (Å²) in [5.74, 6) is -0.417. The maximum atomic E-state index is 11.2. The normalized spacial score (nSPS) is 35.2. The molecule has 1 aliphatic heterocycles. The maximum Gasteiger partial charge on any atom is 0.324 e. The van der Waals surface area contributed by atoms with E-state index in [1.165, 1.54) is 0 Å². The number of halogens is 1. The summed E-state index contributed by atoms with van der Waals surface area (Å²) in [5, 5.41) is 0. The number of rotatable bonds is 3. The maximum absolute atomic E-state index is 11.2. The molecule has 1 saturated heterocycles. The molecule has 86 valence electrons. The molecule has 0 atom stereocenters. The fourth-order valence-electron chi connectivity index (χ4n) is 2.40. The second-order valence-corrected chi connectivity index (χ2v) is 6.35. The summed E-state index contributed by atoms with van der Waals surface area (Å²) in [6.45, 7) is 2.48. The Kier molecular flexibility index (Phi) is 2.48. The minimum atomic E-state index is -3.92. The zero-order chi connectivity index (χ0) is 11.3.